The van der Waals surface area contributed by atoms with Gasteiger partial charge in [-0.25, -0.2) is 0 Å². The molecule has 1 aromatic carbocycles. The zero-order valence-electron chi connectivity index (χ0n) is 8.53. The van der Waals surface area contributed by atoms with Crippen LogP contribution in [0.2, 0.25) is 0 Å². The van der Waals surface area contributed by atoms with Crippen LogP contribution in [0.15, 0.2) is 18.2 Å². The molecule has 0 atom stereocenters. The average molecular weight is 208 g/mol. The molecular weight excluding hydrogens is 196 g/mol. The van der Waals surface area contributed by atoms with Gasteiger partial charge in [-0.15, -0.1) is 0 Å². The molecule has 5 nitrogen and oxygen atoms in total. The highest BCUT2D eigenvalue weighted by atomic mass is 16.5. The van der Waals surface area contributed by atoms with E-state index in [9.17, 15) is 9.59 Å². The number of nitrogens with one attached hydrogen (secondary N) is 1. The second kappa shape index (κ2) is 4.45. The van der Waals surface area contributed by atoms with Crippen molar-refractivity contribution in [3.05, 3.63) is 29.3 Å². The van der Waals surface area contributed by atoms with Crippen molar-refractivity contribution in [3.63, 3.8) is 0 Å². The molecule has 80 valence electrons. The Balaban J connectivity index is 3.22. The van der Waals surface area contributed by atoms with Crippen molar-refractivity contribution in [1.29, 1.82) is 0 Å². The van der Waals surface area contributed by atoms with Crippen molar-refractivity contribution in [2.45, 2.75) is 0 Å². The zero-order valence-corrected chi connectivity index (χ0v) is 8.53. The summed E-state index contributed by atoms with van der Waals surface area (Å²) in [6.45, 7) is 0. The third-order valence-corrected chi connectivity index (χ3v) is 1.95. The van der Waals surface area contributed by atoms with Gasteiger partial charge in [0, 0.05) is 12.6 Å². The normalized spacial score (nSPS) is 9.47. The molecule has 0 bridgehead atoms. The van der Waals surface area contributed by atoms with Crippen LogP contribution >= 0.6 is 0 Å². The van der Waals surface area contributed by atoms with Crippen molar-refractivity contribution in [3.8, 4) is 5.75 Å². The number of methoxy groups -OCH3 is 1. The van der Waals surface area contributed by atoms with Crippen LogP contribution in [-0.4, -0.2) is 26.0 Å². The minimum Gasteiger partial charge on any atom is -0.496 e. The number of rotatable bonds is 3. The van der Waals surface area contributed by atoms with Crippen LogP contribution in [0.25, 0.3) is 0 Å². The molecule has 0 unspecified atom stereocenters. The van der Waals surface area contributed by atoms with Gasteiger partial charge in [-0.05, 0) is 18.2 Å². The fourth-order valence-corrected chi connectivity index (χ4v) is 1.19. The topological polar surface area (TPSA) is 81.4 Å². The fourth-order valence-electron chi connectivity index (χ4n) is 1.19. The minimum atomic E-state index is -0.627. The summed E-state index contributed by atoms with van der Waals surface area (Å²) in [5, 5.41) is 2.45. The van der Waals surface area contributed by atoms with E-state index in [0.29, 0.717) is 11.3 Å². The maximum atomic E-state index is 11.3. The maximum absolute atomic E-state index is 11.3. The SMILES string of the molecule is CNC(=O)c1ccc(OC)c(C(N)=O)c1. The van der Waals surface area contributed by atoms with Gasteiger partial charge < -0.3 is 15.8 Å². The molecule has 0 saturated heterocycles. The molecule has 0 aliphatic rings. The van der Waals surface area contributed by atoms with Gasteiger partial charge in [0.1, 0.15) is 5.75 Å². The summed E-state index contributed by atoms with van der Waals surface area (Å²) in [7, 11) is 2.94. The van der Waals surface area contributed by atoms with E-state index in [1.165, 1.54) is 26.3 Å². The van der Waals surface area contributed by atoms with E-state index >= 15 is 0 Å². The van der Waals surface area contributed by atoms with Crippen LogP contribution in [-0.2, 0) is 0 Å². The summed E-state index contributed by atoms with van der Waals surface area (Å²) in [6, 6.07) is 4.49. The third kappa shape index (κ3) is 2.25. The Morgan fingerprint density at radius 3 is 2.53 bits per heavy atom. The number of carbonyl (C=O) groups excluding carboxylic acids is 2. The quantitative estimate of drug-likeness (QED) is 0.742. The average Bonchev–Trinajstić information content (AvgIpc) is 2.27. The van der Waals surface area contributed by atoms with E-state index in [1.807, 2.05) is 0 Å². The van der Waals surface area contributed by atoms with Crippen molar-refractivity contribution in [2.75, 3.05) is 14.2 Å². The first-order valence-electron chi connectivity index (χ1n) is 4.30. The summed E-state index contributed by atoms with van der Waals surface area (Å²) in [4.78, 5) is 22.3. The van der Waals surface area contributed by atoms with Crippen LogP contribution in [0.1, 0.15) is 20.7 Å². The standard InChI is InChI=1S/C10H12N2O3/c1-12-10(14)6-3-4-8(15-2)7(5-6)9(11)13/h3-5H,1-2H3,(H2,11,13)(H,12,14). The molecule has 5 heteroatoms. The van der Waals surface area contributed by atoms with Crippen LogP contribution in [0.5, 0.6) is 5.75 Å². The van der Waals surface area contributed by atoms with E-state index in [0.717, 1.165) is 0 Å². The number of amides is 2. The molecule has 0 heterocycles. The highest BCUT2D eigenvalue weighted by molar-refractivity contribution is 6.00. The van der Waals surface area contributed by atoms with E-state index in [4.69, 9.17) is 10.5 Å². The Kier molecular flexibility index (Phi) is 3.28. The number of primary amides is 1. The molecule has 0 aromatic heterocycles. The summed E-state index contributed by atoms with van der Waals surface area (Å²) in [5.74, 6) is -0.548. The zero-order chi connectivity index (χ0) is 11.4. The molecule has 0 radical (unpaired) electrons. The molecule has 0 spiro atoms. The lowest BCUT2D eigenvalue weighted by Gasteiger charge is -2.07. The lowest BCUT2D eigenvalue weighted by atomic mass is 10.1. The number of nitrogens with two attached hydrogens (primary N) is 1. The third-order valence-electron chi connectivity index (χ3n) is 1.95. The summed E-state index contributed by atoms with van der Waals surface area (Å²) in [5.41, 5.74) is 5.71. The fraction of sp³-hybridized carbons (Fsp3) is 0.200. The number of benzene rings is 1. The first-order chi connectivity index (χ1) is 7.10. The predicted octanol–water partition coefficient (Wildman–Crippen LogP) is 0.154. The Bertz CT molecular complexity index is 402. The van der Waals surface area contributed by atoms with E-state index in [1.54, 1.807) is 6.07 Å². The smallest absolute Gasteiger partial charge is 0.252 e. The van der Waals surface area contributed by atoms with Gasteiger partial charge in [0.15, 0.2) is 0 Å². The van der Waals surface area contributed by atoms with Crippen LogP contribution in [0.4, 0.5) is 0 Å². The first kappa shape index (κ1) is 11.0. The van der Waals surface area contributed by atoms with Crippen molar-refractivity contribution in [1.82, 2.24) is 5.32 Å². The molecule has 15 heavy (non-hydrogen) atoms. The first-order valence-corrected chi connectivity index (χ1v) is 4.30. The lowest BCUT2D eigenvalue weighted by molar-refractivity contribution is 0.0963. The summed E-state index contributed by atoms with van der Waals surface area (Å²) >= 11 is 0. The summed E-state index contributed by atoms with van der Waals surface area (Å²) < 4.78 is 4.94. The number of ether oxygens (including phenoxy) is 1. The molecular formula is C10H12N2O3. The summed E-state index contributed by atoms with van der Waals surface area (Å²) in [6.07, 6.45) is 0. The van der Waals surface area contributed by atoms with Crippen LogP contribution in [0, 0.1) is 0 Å². The van der Waals surface area contributed by atoms with Crippen LogP contribution in [0.3, 0.4) is 0 Å². The van der Waals surface area contributed by atoms with Crippen molar-refractivity contribution >= 4 is 11.8 Å². The number of carbonyl (C=O) groups is 2. The van der Waals surface area contributed by atoms with Crippen molar-refractivity contribution < 1.29 is 14.3 Å². The largest absolute Gasteiger partial charge is 0.496 e. The lowest BCUT2D eigenvalue weighted by Crippen LogP contribution is -2.19. The minimum absolute atomic E-state index is 0.193. The van der Waals surface area contributed by atoms with Crippen LogP contribution < -0.4 is 15.8 Å². The molecule has 0 aliphatic carbocycles. The number of hydrogen-bond acceptors (Lipinski definition) is 3. The predicted molar refractivity (Wildman–Crippen MR) is 54.9 cm³/mol. The Labute approximate surface area is 87.2 Å². The van der Waals surface area contributed by atoms with E-state index in [2.05, 4.69) is 5.32 Å². The van der Waals surface area contributed by atoms with E-state index in [-0.39, 0.29) is 11.5 Å². The second-order valence-corrected chi connectivity index (χ2v) is 2.86. The van der Waals surface area contributed by atoms with E-state index < -0.39 is 5.91 Å². The Morgan fingerprint density at radius 1 is 1.40 bits per heavy atom. The second-order valence-electron chi connectivity index (χ2n) is 2.86. The van der Waals surface area contributed by atoms with Gasteiger partial charge >= 0.3 is 0 Å². The Morgan fingerprint density at radius 2 is 2.07 bits per heavy atom. The molecule has 0 aliphatic heterocycles. The maximum Gasteiger partial charge on any atom is 0.252 e. The molecule has 1 aromatic rings. The Hall–Kier alpha value is -2.04. The number of hydrogen-bond donors (Lipinski definition) is 2. The molecule has 0 saturated carbocycles. The van der Waals surface area contributed by atoms with Gasteiger partial charge in [-0.1, -0.05) is 0 Å². The van der Waals surface area contributed by atoms with Gasteiger partial charge in [0.25, 0.3) is 11.8 Å². The molecule has 3 N–H and O–H groups in total. The monoisotopic (exact) mass is 208 g/mol. The van der Waals surface area contributed by atoms with Gasteiger partial charge in [-0.2, -0.15) is 0 Å². The van der Waals surface area contributed by atoms with Gasteiger partial charge in [0.2, 0.25) is 0 Å². The van der Waals surface area contributed by atoms with Gasteiger partial charge in [0.05, 0.1) is 12.7 Å². The molecule has 0 fully saturated rings. The molecule has 1 rings (SSSR count). The van der Waals surface area contributed by atoms with Crippen molar-refractivity contribution in [2.24, 2.45) is 5.73 Å². The molecule has 2 amide bonds. The highest BCUT2D eigenvalue weighted by Gasteiger charge is 2.12. The highest BCUT2D eigenvalue weighted by Crippen LogP contribution is 2.19. The van der Waals surface area contributed by atoms with Gasteiger partial charge in [-0.3, -0.25) is 9.59 Å².